The molecule has 2 amide bonds. The fraction of sp³-hybridized carbons (Fsp3) is 0.462. The van der Waals surface area contributed by atoms with Crippen LogP contribution in [0.5, 0.6) is 0 Å². The Morgan fingerprint density at radius 1 is 1.45 bits per heavy atom. The summed E-state index contributed by atoms with van der Waals surface area (Å²) in [5.74, 6) is 0.427. The van der Waals surface area contributed by atoms with Crippen LogP contribution in [-0.4, -0.2) is 24.0 Å². The molecule has 0 aromatic heterocycles. The zero-order valence-corrected chi connectivity index (χ0v) is 12.4. The van der Waals surface area contributed by atoms with Gasteiger partial charge in [-0.15, -0.1) is 0 Å². The summed E-state index contributed by atoms with van der Waals surface area (Å²) in [6.07, 6.45) is -3.54. The van der Waals surface area contributed by atoms with Crippen LogP contribution in [0.3, 0.4) is 0 Å². The van der Waals surface area contributed by atoms with Gasteiger partial charge in [0.1, 0.15) is 0 Å². The van der Waals surface area contributed by atoms with Gasteiger partial charge in [-0.2, -0.15) is 13.2 Å². The minimum Gasteiger partial charge on any atom is -0.324 e. The van der Waals surface area contributed by atoms with Gasteiger partial charge < -0.3 is 10.2 Å². The second-order valence-electron chi connectivity index (χ2n) is 4.96. The van der Waals surface area contributed by atoms with E-state index in [0.29, 0.717) is 19.0 Å². The van der Waals surface area contributed by atoms with Crippen molar-refractivity contribution in [2.45, 2.75) is 19.5 Å². The first kappa shape index (κ1) is 15.2. The third-order valence-corrected chi connectivity index (χ3v) is 3.93. The van der Waals surface area contributed by atoms with E-state index < -0.39 is 11.7 Å². The number of nitrogens with zero attached hydrogens (tertiary/aromatic N) is 1. The monoisotopic (exact) mass is 350 g/mol. The summed E-state index contributed by atoms with van der Waals surface area (Å²) < 4.78 is 38.3. The van der Waals surface area contributed by atoms with Crippen molar-refractivity contribution in [1.29, 1.82) is 0 Å². The molecule has 1 saturated heterocycles. The van der Waals surface area contributed by atoms with E-state index in [4.69, 9.17) is 0 Å². The number of hydrogen-bond acceptors (Lipinski definition) is 1. The van der Waals surface area contributed by atoms with Gasteiger partial charge in [0.15, 0.2) is 0 Å². The van der Waals surface area contributed by atoms with Crippen LogP contribution in [0.15, 0.2) is 22.7 Å². The maximum absolute atomic E-state index is 12.8. The highest BCUT2D eigenvalue weighted by molar-refractivity contribution is 9.10. The lowest BCUT2D eigenvalue weighted by Crippen LogP contribution is -2.32. The number of carbonyl (C=O) groups excluding carboxylic acids is 1. The van der Waals surface area contributed by atoms with Crippen molar-refractivity contribution < 1.29 is 18.0 Å². The van der Waals surface area contributed by atoms with Crippen LogP contribution in [0.1, 0.15) is 18.9 Å². The number of likely N-dealkylation sites (tertiary alicyclic amines) is 1. The Labute approximate surface area is 123 Å². The molecule has 1 unspecified atom stereocenters. The quantitative estimate of drug-likeness (QED) is 0.802. The Morgan fingerprint density at radius 3 is 2.70 bits per heavy atom. The first-order valence-electron chi connectivity index (χ1n) is 6.20. The van der Waals surface area contributed by atoms with Crippen LogP contribution in [0.4, 0.5) is 23.7 Å². The zero-order valence-electron chi connectivity index (χ0n) is 10.8. The number of rotatable bonds is 1. The average Bonchev–Trinajstić information content (AvgIpc) is 2.77. The van der Waals surface area contributed by atoms with Crippen molar-refractivity contribution in [2.75, 3.05) is 18.4 Å². The lowest BCUT2D eigenvalue weighted by atomic mass is 10.2. The molecule has 0 aliphatic carbocycles. The Balaban J connectivity index is 2.12. The number of carbonyl (C=O) groups is 1. The molecule has 1 aromatic rings. The van der Waals surface area contributed by atoms with Crippen molar-refractivity contribution in [3.05, 3.63) is 28.2 Å². The minimum atomic E-state index is -4.46. The van der Waals surface area contributed by atoms with E-state index in [2.05, 4.69) is 21.2 Å². The molecule has 0 bridgehead atoms. The number of alkyl halides is 3. The number of halogens is 4. The SMILES string of the molecule is CC1CCN(C(=O)Nc2ccc(Br)c(C(F)(F)F)c2)C1. The minimum absolute atomic E-state index is 0.0437. The molecule has 20 heavy (non-hydrogen) atoms. The second kappa shape index (κ2) is 5.63. The molecule has 1 aromatic carbocycles. The molecule has 1 aliphatic heterocycles. The van der Waals surface area contributed by atoms with Gasteiger partial charge >= 0.3 is 12.2 Å². The molecular weight excluding hydrogens is 337 g/mol. The van der Waals surface area contributed by atoms with E-state index in [9.17, 15) is 18.0 Å². The number of amides is 2. The molecule has 1 N–H and O–H groups in total. The molecule has 2 rings (SSSR count). The normalized spacial score (nSPS) is 19.2. The van der Waals surface area contributed by atoms with Gasteiger partial charge in [0.05, 0.1) is 5.56 Å². The summed E-state index contributed by atoms with van der Waals surface area (Å²) in [5, 5.41) is 2.51. The standard InChI is InChI=1S/C13H14BrF3N2O/c1-8-4-5-19(7-8)12(20)18-9-2-3-11(14)10(6-9)13(15,16)17/h2-3,6,8H,4-5,7H2,1H3,(H,18,20). The van der Waals surface area contributed by atoms with E-state index in [1.54, 1.807) is 4.90 Å². The van der Waals surface area contributed by atoms with Crippen molar-refractivity contribution >= 4 is 27.6 Å². The molecule has 0 radical (unpaired) electrons. The summed E-state index contributed by atoms with van der Waals surface area (Å²) in [5.41, 5.74) is -0.657. The molecule has 1 heterocycles. The fourth-order valence-electron chi connectivity index (χ4n) is 2.14. The van der Waals surface area contributed by atoms with Gasteiger partial charge in [-0.05, 0) is 30.5 Å². The summed E-state index contributed by atoms with van der Waals surface area (Å²) >= 11 is 2.86. The van der Waals surface area contributed by atoms with E-state index in [0.717, 1.165) is 12.5 Å². The van der Waals surface area contributed by atoms with Crippen molar-refractivity contribution in [2.24, 2.45) is 5.92 Å². The predicted octanol–water partition coefficient (Wildman–Crippen LogP) is 4.34. The fourth-order valence-corrected chi connectivity index (χ4v) is 2.61. The number of urea groups is 1. The van der Waals surface area contributed by atoms with Crippen LogP contribution in [-0.2, 0) is 6.18 Å². The van der Waals surface area contributed by atoms with Crippen LogP contribution in [0.2, 0.25) is 0 Å². The first-order chi connectivity index (χ1) is 9.27. The number of nitrogens with one attached hydrogen (secondary N) is 1. The highest BCUT2D eigenvalue weighted by Crippen LogP contribution is 2.36. The molecule has 1 fully saturated rings. The second-order valence-corrected chi connectivity index (χ2v) is 5.82. The summed E-state index contributed by atoms with van der Waals surface area (Å²) in [4.78, 5) is 13.5. The predicted molar refractivity (Wildman–Crippen MR) is 73.5 cm³/mol. The van der Waals surface area contributed by atoms with Gasteiger partial charge in [-0.25, -0.2) is 4.79 Å². The largest absolute Gasteiger partial charge is 0.417 e. The topological polar surface area (TPSA) is 32.3 Å². The molecule has 0 spiro atoms. The van der Waals surface area contributed by atoms with Gasteiger partial charge in [0, 0.05) is 23.2 Å². The van der Waals surface area contributed by atoms with Gasteiger partial charge in [-0.3, -0.25) is 0 Å². The molecule has 0 saturated carbocycles. The maximum atomic E-state index is 12.8. The molecule has 110 valence electrons. The summed E-state index contributed by atoms with van der Waals surface area (Å²) in [7, 11) is 0. The van der Waals surface area contributed by atoms with Crippen molar-refractivity contribution in [3.63, 3.8) is 0 Å². The first-order valence-corrected chi connectivity index (χ1v) is 6.99. The van der Waals surface area contributed by atoms with Crippen LogP contribution in [0.25, 0.3) is 0 Å². The van der Waals surface area contributed by atoms with Crippen LogP contribution < -0.4 is 5.32 Å². The van der Waals surface area contributed by atoms with E-state index in [-0.39, 0.29) is 16.2 Å². The zero-order chi connectivity index (χ0) is 14.9. The van der Waals surface area contributed by atoms with Gasteiger partial charge in [-0.1, -0.05) is 22.9 Å². The Morgan fingerprint density at radius 2 is 2.15 bits per heavy atom. The third-order valence-electron chi connectivity index (χ3n) is 3.23. The van der Waals surface area contributed by atoms with E-state index in [1.165, 1.54) is 12.1 Å². The van der Waals surface area contributed by atoms with Gasteiger partial charge in [0.2, 0.25) is 0 Å². The average molecular weight is 351 g/mol. The summed E-state index contributed by atoms with van der Waals surface area (Å²) in [6.45, 7) is 3.30. The highest BCUT2D eigenvalue weighted by atomic mass is 79.9. The summed E-state index contributed by atoms with van der Waals surface area (Å²) in [6, 6.07) is 3.30. The number of hydrogen-bond donors (Lipinski definition) is 1. The molecule has 7 heteroatoms. The lowest BCUT2D eigenvalue weighted by molar-refractivity contribution is -0.138. The number of anilines is 1. The third kappa shape index (κ3) is 3.45. The van der Waals surface area contributed by atoms with E-state index >= 15 is 0 Å². The number of benzene rings is 1. The molecule has 1 aliphatic rings. The molecular formula is C13H14BrF3N2O. The Kier molecular flexibility index (Phi) is 4.27. The Bertz CT molecular complexity index is 519. The molecule has 1 atom stereocenters. The van der Waals surface area contributed by atoms with Gasteiger partial charge in [0.25, 0.3) is 0 Å². The lowest BCUT2D eigenvalue weighted by Gasteiger charge is -2.18. The van der Waals surface area contributed by atoms with Crippen LogP contribution in [0, 0.1) is 5.92 Å². The highest BCUT2D eigenvalue weighted by Gasteiger charge is 2.33. The van der Waals surface area contributed by atoms with Crippen molar-refractivity contribution in [3.8, 4) is 0 Å². The maximum Gasteiger partial charge on any atom is 0.417 e. The van der Waals surface area contributed by atoms with Crippen LogP contribution >= 0.6 is 15.9 Å². The molecule has 3 nitrogen and oxygen atoms in total. The van der Waals surface area contributed by atoms with Crippen molar-refractivity contribution in [1.82, 2.24) is 4.90 Å². The van der Waals surface area contributed by atoms with E-state index in [1.807, 2.05) is 6.92 Å². The Hall–Kier alpha value is -1.24. The smallest absolute Gasteiger partial charge is 0.324 e.